The van der Waals surface area contributed by atoms with Crippen LogP contribution in [0.15, 0.2) is 30.3 Å². The fourth-order valence-electron chi connectivity index (χ4n) is 1.61. The van der Waals surface area contributed by atoms with Crippen LogP contribution < -0.4 is 5.73 Å². The van der Waals surface area contributed by atoms with Crippen LogP contribution in [0.25, 0.3) is 11.3 Å². The molecule has 4 heteroatoms. The van der Waals surface area contributed by atoms with Crippen molar-refractivity contribution in [1.29, 1.82) is 0 Å². The molecule has 0 radical (unpaired) electrons. The van der Waals surface area contributed by atoms with Crippen molar-refractivity contribution in [3.63, 3.8) is 0 Å². The number of thiazole rings is 1. The van der Waals surface area contributed by atoms with E-state index in [4.69, 9.17) is 10.7 Å². The van der Waals surface area contributed by atoms with Gasteiger partial charge in [0.2, 0.25) is 0 Å². The van der Waals surface area contributed by atoms with Gasteiger partial charge in [-0.15, -0.1) is 11.3 Å². The number of benzene rings is 1. The Kier molecular flexibility index (Phi) is 4.59. The first-order valence-corrected chi connectivity index (χ1v) is 7.64. The molecular formula is C13H16N2S2. The number of hydrogen-bond acceptors (Lipinski definition) is 4. The predicted molar refractivity (Wildman–Crippen MR) is 77.3 cm³/mol. The molecule has 0 saturated carbocycles. The molecule has 0 amide bonds. The van der Waals surface area contributed by atoms with E-state index in [0.29, 0.717) is 6.54 Å². The molecule has 0 fully saturated rings. The van der Waals surface area contributed by atoms with Crippen molar-refractivity contribution in [3.8, 4) is 11.3 Å². The third-order valence-electron chi connectivity index (χ3n) is 2.40. The maximum Gasteiger partial charge on any atom is 0.103 e. The summed E-state index contributed by atoms with van der Waals surface area (Å²) >= 11 is 3.63. The van der Waals surface area contributed by atoms with E-state index < -0.39 is 0 Å². The highest BCUT2D eigenvalue weighted by Gasteiger charge is 2.11. The van der Waals surface area contributed by atoms with E-state index in [9.17, 15) is 0 Å². The molecule has 1 heterocycles. The minimum absolute atomic E-state index is 0.568. The highest BCUT2D eigenvalue weighted by Crippen LogP contribution is 2.29. The molecule has 2 aromatic rings. The molecule has 0 aliphatic carbocycles. The van der Waals surface area contributed by atoms with Gasteiger partial charge in [-0.1, -0.05) is 37.3 Å². The maximum atomic E-state index is 5.79. The largest absolute Gasteiger partial charge is 0.326 e. The summed E-state index contributed by atoms with van der Waals surface area (Å²) in [6, 6.07) is 10.3. The average molecular weight is 264 g/mol. The summed E-state index contributed by atoms with van der Waals surface area (Å²) in [4.78, 5) is 5.89. The van der Waals surface area contributed by atoms with E-state index in [2.05, 4.69) is 19.1 Å². The minimum atomic E-state index is 0.568. The van der Waals surface area contributed by atoms with E-state index >= 15 is 0 Å². The lowest BCUT2D eigenvalue weighted by Gasteiger charge is -1.98. The van der Waals surface area contributed by atoms with Crippen molar-refractivity contribution in [2.75, 3.05) is 5.75 Å². The molecule has 0 bridgehead atoms. The van der Waals surface area contributed by atoms with Crippen LogP contribution in [0.2, 0.25) is 0 Å². The molecule has 90 valence electrons. The second kappa shape index (κ2) is 6.19. The highest BCUT2D eigenvalue weighted by atomic mass is 32.2. The van der Waals surface area contributed by atoms with Crippen LogP contribution in [0.1, 0.15) is 16.8 Å². The normalized spacial score (nSPS) is 10.7. The number of aromatic nitrogens is 1. The highest BCUT2D eigenvalue weighted by molar-refractivity contribution is 7.98. The van der Waals surface area contributed by atoms with E-state index in [1.54, 1.807) is 11.3 Å². The van der Waals surface area contributed by atoms with Gasteiger partial charge < -0.3 is 5.73 Å². The Morgan fingerprint density at radius 3 is 2.71 bits per heavy atom. The summed E-state index contributed by atoms with van der Waals surface area (Å²) in [6.07, 6.45) is 0. The maximum absolute atomic E-state index is 5.79. The molecule has 2 rings (SSSR count). The first kappa shape index (κ1) is 12.6. The van der Waals surface area contributed by atoms with Crippen LogP contribution in [0, 0.1) is 0 Å². The van der Waals surface area contributed by atoms with Crippen LogP contribution in [-0.2, 0) is 12.3 Å². The summed E-state index contributed by atoms with van der Waals surface area (Å²) in [5.74, 6) is 2.11. The Bertz CT molecular complexity index is 466. The summed E-state index contributed by atoms with van der Waals surface area (Å²) in [5, 5.41) is 1.18. The Balaban J connectivity index is 2.30. The smallest absolute Gasteiger partial charge is 0.103 e. The van der Waals surface area contributed by atoms with Crippen LogP contribution in [-0.4, -0.2) is 10.7 Å². The van der Waals surface area contributed by atoms with Crippen LogP contribution >= 0.6 is 23.1 Å². The van der Waals surface area contributed by atoms with E-state index in [1.807, 2.05) is 30.0 Å². The van der Waals surface area contributed by atoms with Crippen molar-refractivity contribution in [1.82, 2.24) is 4.98 Å². The molecule has 0 saturated heterocycles. The van der Waals surface area contributed by atoms with Gasteiger partial charge >= 0.3 is 0 Å². The van der Waals surface area contributed by atoms with Crippen LogP contribution in [0.3, 0.4) is 0 Å². The first-order chi connectivity index (χ1) is 8.35. The fourth-order valence-corrected chi connectivity index (χ4v) is 3.31. The second-order valence-corrected chi connectivity index (χ2v) is 6.03. The molecular weight excluding hydrogens is 248 g/mol. The van der Waals surface area contributed by atoms with Crippen molar-refractivity contribution >= 4 is 23.1 Å². The molecule has 0 aliphatic heterocycles. The summed E-state index contributed by atoms with van der Waals surface area (Å²) in [6.45, 7) is 2.74. The lowest BCUT2D eigenvalue weighted by atomic mass is 10.1. The second-order valence-electron chi connectivity index (χ2n) is 3.59. The Morgan fingerprint density at radius 1 is 1.29 bits per heavy atom. The molecule has 0 atom stereocenters. The molecule has 2 nitrogen and oxygen atoms in total. The quantitative estimate of drug-likeness (QED) is 0.898. The standard InChI is InChI=1S/C13H16N2S2/c1-2-16-9-12-15-13(11(8-14)17-12)10-6-4-3-5-7-10/h3-7H,2,8-9,14H2,1H3. The Labute approximate surface area is 110 Å². The van der Waals surface area contributed by atoms with Crippen molar-refractivity contribution < 1.29 is 0 Å². The lowest BCUT2D eigenvalue weighted by Crippen LogP contribution is -1.95. The monoisotopic (exact) mass is 264 g/mol. The van der Waals surface area contributed by atoms with Crippen molar-refractivity contribution in [3.05, 3.63) is 40.2 Å². The van der Waals surface area contributed by atoms with E-state index in [0.717, 1.165) is 22.8 Å². The van der Waals surface area contributed by atoms with Gasteiger partial charge in [0.15, 0.2) is 0 Å². The van der Waals surface area contributed by atoms with Gasteiger partial charge in [0.1, 0.15) is 5.01 Å². The third kappa shape index (κ3) is 3.09. The Hall–Kier alpha value is -0.840. The van der Waals surface area contributed by atoms with Crippen LogP contribution in [0.5, 0.6) is 0 Å². The molecule has 1 aromatic heterocycles. The van der Waals surface area contributed by atoms with Gasteiger partial charge in [-0.3, -0.25) is 0 Å². The average Bonchev–Trinajstić information content (AvgIpc) is 2.80. The summed E-state index contributed by atoms with van der Waals surface area (Å²) in [7, 11) is 0. The number of nitrogens with zero attached hydrogens (tertiary/aromatic N) is 1. The number of thioether (sulfide) groups is 1. The molecule has 0 spiro atoms. The zero-order valence-electron chi connectivity index (χ0n) is 9.85. The molecule has 1 aromatic carbocycles. The van der Waals surface area contributed by atoms with Gasteiger partial charge in [0.05, 0.1) is 5.69 Å². The Morgan fingerprint density at radius 2 is 2.06 bits per heavy atom. The summed E-state index contributed by atoms with van der Waals surface area (Å²) in [5.41, 5.74) is 8.02. The predicted octanol–water partition coefficient (Wildman–Crippen LogP) is 3.52. The van der Waals surface area contributed by atoms with Gasteiger partial charge in [0, 0.05) is 22.7 Å². The van der Waals surface area contributed by atoms with E-state index in [1.165, 1.54) is 9.88 Å². The summed E-state index contributed by atoms with van der Waals surface area (Å²) < 4.78 is 0. The zero-order chi connectivity index (χ0) is 12.1. The van der Waals surface area contributed by atoms with E-state index in [-0.39, 0.29) is 0 Å². The van der Waals surface area contributed by atoms with Gasteiger partial charge in [-0.2, -0.15) is 11.8 Å². The van der Waals surface area contributed by atoms with Gasteiger partial charge in [0.25, 0.3) is 0 Å². The van der Waals surface area contributed by atoms with Gasteiger partial charge in [-0.25, -0.2) is 4.98 Å². The number of hydrogen-bond donors (Lipinski definition) is 1. The van der Waals surface area contributed by atoms with Gasteiger partial charge in [-0.05, 0) is 5.75 Å². The zero-order valence-corrected chi connectivity index (χ0v) is 11.5. The minimum Gasteiger partial charge on any atom is -0.326 e. The molecule has 17 heavy (non-hydrogen) atoms. The third-order valence-corrected chi connectivity index (χ3v) is 4.55. The lowest BCUT2D eigenvalue weighted by molar-refractivity contribution is 1.10. The number of rotatable bonds is 5. The van der Waals surface area contributed by atoms with Crippen LogP contribution in [0.4, 0.5) is 0 Å². The molecule has 2 N–H and O–H groups in total. The first-order valence-electron chi connectivity index (χ1n) is 5.67. The SMILES string of the molecule is CCSCc1nc(-c2ccccc2)c(CN)s1. The molecule has 0 unspecified atom stereocenters. The van der Waals surface area contributed by atoms with Crippen molar-refractivity contribution in [2.45, 2.75) is 19.2 Å². The molecule has 0 aliphatic rings. The number of nitrogens with two attached hydrogens (primary N) is 1. The topological polar surface area (TPSA) is 38.9 Å². The van der Waals surface area contributed by atoms with Crippen molar-refractivity contribution in [2.24, 2.45) is 5.73 Å². The fraction of sp³-hybridized carbons (Fsp3) is 0.308.